The zero-order chi connectivity index (χ0) is 24.5. The van der Waals surface area contributed by atoms with E-state index in [9.17, 15) is 19.5 Å². The minimum atomic E-state index is -1.11. The van der Waals surface area contributed by atoms with Crippen molar-refractivity contribution in [3.05, 3.63) is 87.9 Å². The molecule has 8 heteroatoms. The number of hydrogen-bond acceptors (Lipinski definition) is 4. The number of alkyl carbamates (subject to hydrolysis) is 1. The maximum atomic E-state index is 12.6. The van der Waals surface area contributed by atoms with Crippen molar-refractivity contribution in [2.75, 3.05) is 18.5 Å². The molecular weight excluding hydrogens is 512 g/mol. The maximum Gasteiger partial charge on any atom is 0.407 e. The lowest BCUT2D eigenvalue weighted by Crippen LogP contribution is -2.29. The normalized spacial score (nSPS) is 17.7. The molecule has 0 aliphatic heterocycles. The van der Waals surface area contributed by atoms with Crippen LogP contribution in [0.5, 0.6) is 0 Å². The third-order valence-electron chi connectivity index (χ3n) is 6.58. The molecule has 3 aromatic rings. The molecule has 1 saturated carbocycles. The summed E-state index contributed by atoms with van der Waals surface area (Å²) in [5.41, 5.74) is 4.89. The standard InChI is InChI=1S/C27H23BrN2O5/c28-16-9-10-21(26(32)33)24(12-16)30-25(31)22-11-15(22)13-29-27(34)35-14-23-19-7-3-1-5-17(19)18-6-2-4-8-20(18)23/h1-10,12,15,22-23H,11,13-14H2,(H,29,34)(H,30,31)(H,32,33)/t15-,22-/m0/s1. The van der Waals surface area contributed by atoms with Crippen molar-refractivity contribution in [3.63, 3.8) is 0 Å². The molecule has 0 heterocycles. The van der Waals surface area contributed by atoms with E-state index >= 15 is 0 Å². The van der Waals surface area contributed by atoms with Crippen LogP contribution in [0.3, 0.4) is 0 Å². The smallest absolute Gasteiger partial charge is 0.407 e. The van der Waals surface area contributed by atoms with Crippen LogP contribution in [0.4, 0.5) is 10.5 Å². The van der Waals surface area contributed by atoms with Gasteiger partial charge in [-0.3, -0.25) is 4.79 Å². The molecule has 2 aliphatic carbocycles. The van der Waals surface area contributed by atoms with Gasteiger partial charge < -0.3 is 20.5 Å². The third-order valence-corrected chi connectivity index (χ3v) is 7.07. The lowest BCUT2D eigenvalue weighted by Gasteiger charge is -2.14. The molecular formula is C27H23BrN2O5. The number of carboxylic acids is 1. The Morgan fingerprint density at radius 2 is 1.63 bits per heavy atom. The highest BCUT2D eigenvalue weighted by Crippen LogP contribution is 2.44. The van der Waals surface area contributed by atoms with Crippen LogP contribution >= 0.6 is 15.9 Å². The number of fused-ring (bicyclic) bond motifs is 3. The molecule has 0 spiro atoms. The monoisotopic (exact) mass is 534 g/mol. The minimum absolute atomic E-state index is 0.0128. The maximum absolute atomic E-state index is 12.6. The fourth-order valence-electron chi connectivity index (χ4n) is 4.69. The van der Waals surface area contributed by atoms with E-state index in [0.29, 0.717) is 17.4 Å². The highest BCUT2D eigenvalue weighted by molar-refractivity contribution is 9.10. The summed E-state index contributed by atoms with van der Waals surface area (Å²) in [5, 5.41) is 14.8. The lowest BCUT2D eigenvalue weighted by molar-refractivity contribution is -0.117. The Kier molecular flexibility index (Phi) is 6.30. The SMILES string of the molecule is O=C(NC[C@@H]1C[C@@H]1C(=O)Nc1cc(Br)ccc1C(=O)O)OCC1c2ccccc2-c2ccccc21. The number of rotatable bonds is 7. The summed E-state index contributed by atoms with van der Waals surface area (Å²) >= 11 is 3.29. The second-order valence-electron chi connectivity index (χ2n) is 8.79. The van der Waals surface area contributed by atoms with Crippen molar-refractivity contribution in [1.82, 2.24) is 5.32 Å². The van der Waals surface area contributed by atoms with E-state index in [-0.39, 0.29) is 41.5 Å². The fourth-order valence-corrected chi connectivity index (χ4v) is 5.05. The van der Waals surface area contributed by atoms with Gasteiger partial charge in [0.25, 0.3) is 0 Å². The van der Waals surface area contributed by atoms with Crippen LogP contribution < -0.4 is 10.6 Å². The zero-order valence-electron chi connectivity index (χ0n) is 18.7. The largest absolute Gasteiger partial charge is 0.478 e. The first kappa shape index (κ1) is 23.1. The van der Waals surface area contributed by atoms with Gasteiger partial charge in [0, 0.05) is 22.9 Å². The van der Waals surface area contributed by atoms with Crippen LogP contribution in [0.2, 0.25) is 0 Å². The molecule has 3 N–H and O–H groups in total. The Bertz CT molecular complexity index is 1280. The molecule has 0 aromatic heterocycles. The number of aromatic carboxylic acids is 1. The number of anilines is 1. The highest BCUT2D eigenvalue weighted by atomic mass is 79.9. The Balaban J connectivity index is 1.12. The van der Waals surface area contributed by atoms with E-state index in [4.69, 9.17) is 4.74 Å². The first-order chi connectivity index (χ1) is 16.9. The Labute approximate surface area is 210 Å². The summed E-state index contributed by atoms with van der Waals surface area (Å²) in [6, 6.07) is 20.9. The van der Waals surface area contributed by atoms with Gasteiger partial charge in [0.05, 0.1) is 11.3 Å². The summed E-state index contributed by atoms with van der Waals surface area (Å²) in [4.78, 5) is 36.4. The molecule has 2 atom stereocenters. The van der Waals surface area contributed by atoms with E-state index < -0.39 is 12.1 Å². The van der Waals surface area contributed by atoms with Gasteiger partial charge in [-0.15, -0.1) is 0 Å². The Morgan fingerprint density at radius 1 is 0.971 bits per heavy atom. The average molecular weight is 535 g/mol. The number of benzene rings is 3. The van der Waals surface area contributed by atoms with Crippen LogP contribution in [-0.2, 0) is 9.53 Å². The molecule has 0 unspecified atom stereocenters. The van der Waals surface area contributed by atoms with Gasteiger partial charge in [0.1, 0.15) is 6.61 Å². The number of nitrogens with one attached hydrogen (secondary N) is 2. The first-order valence-corrected chi connectivity index (χ1v) is 12.1. The number of carbonyl (C=O) groups is 3. The van der Waals surface area contributed by atoms with Crippen molar-refractivity contribution >= 4 is 39.6 Å². The van der Waals surface area contributed by atoms with Crippen LogP contribution in [0, 0.1) is 11.8 Å². The number of amides is 2. The van der Waals surface area contributed by atoms with Crippen LogP contribution in [0.15, 0.2) is 71.2 Å². The molecule has 3 aromatic carbocycles. The molecule has 7 nitrogen and oxygen atoms in total. The van der Waals surface area contributed by atoms with Gasteiger partial charge in [0.15, 0.2) is 0 Å². The molecule has 178 valence electrons. The van der Waals surface area contributed by atoms with Crippen LogP contribution in [-0.4, -0.2) is 36.2 Å². The van der Waals surface area contributed by atoms with Gasteiger partial charge >= 0.3 is 12.1 Å². The molecule has 0 bridgehead atoms. The van der Waals surface area contributed by atoms with E-state index in [1.54, 1.807) is 12.1 Å². The zero-order valence-corrected chi connectivity index (χ0v) is 20.2. The average Bonchev–Trinajstić information content (AvgIpc) is 3.56. The molecule has 5 rings (SSSR count). The molecule has 1 fully saturated rings. The van der Waals surface area contributed by atoms with Crippen molar-refractivity contribution in [2.24, 2.45) is 11.8 Å². The number of hydrogen-bond donors (Lipinski definition) is 3. The van der Waals surface area contributed by atoms with Crippen LogP contribution in [0.1, 0.15) is 33.8 Å². The fraction of sp³-hybridized carbons (Fsp3) is 0.222. The Morgan fingerprint density at radius 3 is 2.29 bits per heavy atom. The second-order valence-corrected chi connectivity index (χ2v) is 9.71. The molecule has 0 saturated heterocycles. The molecule has 2 aliphatic rings. The summed E-state index contributed by atoms with van der Waals surface area (Å²) in [6.07, 6.45) is 0.101. The second kappa shape index (κ2) is 9.54. The van der Waals surface area contributed by atoms with Crippen molar-refractivity contribution in [1.29, 1.82) is 0 Å². The van der Waals surface area contributed by atoms with Gasteiger partial charge in [-0.25, -0.2) is 9.59 Å². The summed E-state index contributed by atoms with van der Waals surface area (Å²) in [6.45, 7) is 0.550. The topological polar surface area (TPSA) is 105 Å². The predicted molar refractivity (Wildman–Crippen MR) is 134 cm³/mol. The number of carboxylic acid groups (broad SMARTS) is 1. The Hall–Kier alpha value is -3.65. The van der Waals surface area contributed by atoms with E-state index in [1.807, 2.05) is 24.3 Å². The van der Waals surface area contributed by atoms with E-state index in [1.165, 1.54) is 17.2 Å². The number of halogens is 1. The van der Waals surface area contributed by atoms with E-state index in [2.05, 4.69) is 50.8 Å². The minimum Gasteiger partial charge on any atom is -0.478 e. The van der Waals surface area contributed by atoms with E-state index in [0.717, 1.165) is 11.1 Å². The quantitative estimate of drug-likeness (QED) is 0.383. The number of carbonyl (C=O) groups excluding carboxylic acids is 2. The summed E-state index contributed by atoms with van der Waals surface area (Å²) in [7, 11) is 0. The summed E-state index contributed by atoms with van der Waals surface area (Å²) < 4.78 is 6.21. The van der Waals surface area contributed by atoms with Gasteiger partial charge in [-0.1, -0.05) is 64.5 Å². The molecule has 0 radical (unpaired) electrons. The first-order valence-electron chi connectivity index (χ1n) is 11.3. The predicted octanol–water partition coefficient (Wildman–Crippen LogP) is 5.26. The van der Waals surface area contributed by atoms with Crippen molar-refractivity contribution in [2.45, 2.75) is 12.3 Å². The van der Waals surface area contributed by atoms with Crippen molar-refractivity contribution in [3.8, 4) is 11.1 Å². The molecule has 2 amide bonds. The van der Waals surface area contributed by atoms with Gasteiger partial charge in [0.2, 0.25) is 5.91 Å². The van der Waals surface area contributed by atoms with Gasteiger partial charge in [-0.2, -0.15) is 0 Å². The highest BCUT2D eigenvalue weighted by Gasteiger charge is 2.43. The number of ether oxygens (including phenoxy) is 1. The van der Waals surface area contributed by atoms with Gasteiger partial charge in [-0.05, 0) is 52.8 Å². The molecule has 35 heavy (non-hydrogen) atoms. The summed E-state index contributed by atoms with van der Waals surface area (Å²) in [5.74, 6) is -1.69. The van der Waals surface area contributed by atoms with Crippen molar-refractivity contribution < 1.29 is 24.2 Å². The lowest BCUT2D eigenvalue weighted by atomic mass is 9.98. The third kappa shape index (κ3) is 4.79. The van der Waals surface area contributed by atoms with Crippen LogP contribution in [0.25, 0.3) is 11.1 Å².